The van der Waals surface area contributed by atoms with Gasteiger partial charge in [0.15, 0.2) is 0 Å². The third kappa shape index (κ3) is 4.88. The Balaban J connectivity index is 2.22. The Morgan fingerprint density at radius 3 is 2.53 bits per heavy atom. The summed E-state index contributed by atoms with van der Waals surface area (Å²) in [5, 5.41) is 6.40. The lowest BCUT2D eigenvalue weighted by Gasteiger charge is -2.20. The average Bonchev–Trinajstić information content (AvgIpc) is 3.06. The van der Waals surface area contributed by atoms with Crippen LogP contribution in [0.2, 0.25) is 0 Å². The maximum Gasteiger partial charge on any atom is 0.237 e. The van der Waals surface area contributed by atoms with Crippen LogP contribution < -0.4 is 10.6 Å². The van der Waals surface area contributed by atoms with Gasteiger partial charge in [0.2, 0.25) is 5.91 Å². The van der Waals surface area contributed by atoms with Crippen LogP contribution in [0.1, 0.15) is 46.5 Å². The van der Waals surface area contributed by atoms with Gasteiger partial charge >= 0.3 is 0 Å². The van der Waals surface area contributed by atoms with Crippen molar-refractivity contribution < 1.29 is 4.79 Å². The Morgan fingerprint density at radius 2 is 2.06 bits per heavy atom. The fourth-order valence-electron chi connectivity index (χ4n) is 1.90. The Labute approximate surface area is 109 Å². The molecule has 0 aromatic carbocycles. The molecule has 0 heterocycles. The molecule has 3 nitrogen and oxygen atoms in total. The monoisotopic (exact) mass is 258 g/mol. The van der Waals surface area contributed by atoms with Crippen LogP contribution in [0.5, 0.6) is 0 Å². The summed E-state index contributed by atoms with van der Waals surface area (Å²) >= 11 is 1.92. The van der Waals surface area contributed by atoms with E-state index in [0.717, 1.165) is 19.4 Å². The second-order valence-electron chi connectivity index (χ2n) is 5.19. The van der Waals surface area contributed by atoms with E-state index in [1.54, 1.807) is 0 Å². The van der Waals surface area contributed by atoms with Crippen molar-refractivity contribution in [3.05, 3.63) is 0 Å². The van der Waals surface area contributed by atoms with Crippen molar-refractivity contribution >= 4 is 17.7 Å². The van der Waals surface area contributed by atoms with Gasteiger partial charge in [0.25, 0.3) is 0 Å². The largest absolute Gasteiger partial charge is 0.352 e. The second kappa shape index (κ2) is 6.64. The van der Waals surface area contributed by atoms with Gasteiger partial charge in [-0.05, 0) is 39.4 Å². The van der Waals surface area contributed by atoms with Crippen LogP contribution in [0.4, 0.5) is 0 Å². The first kappa shape index (κ1) is 14.8. The third-order valence-corrected chi connectivity index (χ3v) is 4.89. The van der Waals surface area contributed by atoms with Gasteiger partial charge < -0.3 is 10.6 Å². The summed E-state index contributed by atoms with van der Waals surface area (Å²) in [6, 6.07) is 0.200. The number of hydrogen-bond acceptors (Lipinski definition) is 3. The van der Waals surface area contributed by atoms with Crippen molar-refractivity contribution in [2.75, 3.05) is 12.8 Å². The Kier molecular flexibility index (Phi) is 5.80. The van der Waals surface area contributed by atoms with Crippen molar-refractivity contribution in [3.63, 3.8) is 0 Å². The van der Waals surface area contributed by atoms with Gasteiger partial charge in [-0.2, -0.15) is 11.8 Å². The van der Waals surface area contributed by atoms with Crippen LogP contribution >= 0.6 is 11.8 Å². The van der Waals surface area contributed by atoms with Crippen molar-refractivity contribution in [1.29, 1.82) is 0 Å². The molecule has 0 radical (unpaired) electrons. The van der Waals surface area contributed by atoms with E-state index in [2.05, 4.69) is 30.7 Å². The number of thioether (sulfide) groups is 1. The van der Waals surface area contributed by atoms with Gasteiger partial charge in [0.1, 0.15) is 0 Å². The summed E-state index contributed by atoms with van der Waals surface area (Å²) in [6.07, 6.45) is 6.87. The summed E-state index contributed by atoms with van der Waals surface area (Å²) < 4.78 is 0.420. The van der Waals surface area contributed by atoms with Crippen LogP contribution in [0, 0.1) is 0 Å². The van der Waals surface area contributed by atoms with E-state index in [1.807, 2.05) is 18.7 Å². The van der Waals surface area contributed by atoms with Gasteiger partial charge in [0, 0.05) is 17.3 Å². The van der Waals surface area contributed by atoms with E-state index in [0.29, 0.717) is 4.75 Å². The fraction of sp³-hybridized carbons (Fsp3) is 0.923. The molecule has 100 valence electrons. The molecule has 17 heavy (non-hydrogen) atoms. The molecule has 1 rings (SSSR count). The third-order valence-electron chi connectivity index (χ3n) is 3.47. The first-order valence-corrected chi connectivity index (χ1v) is 7.84. The number of hydrogen-bond donors (Lipinski definition) is 2. The van der Waals surface area contributed by atoms with Gasteiger partial charge in [0.05, 0.1) is 6.04 Å². The van der Waals surface area contributed by atoms with E-state index in [1.165, 1.54) is 12.8 Å². The lowest BCUT2D eigenvalue weighted by Crippen LogP contribution is -2.47. The predicted octanol–water partition coefficient (Wildman–Crippen LogP) is 2.16. The van der Waals surface area contributed by atoms with Crippen LogP contribution in [-0.2, 0) is 4.79 Å². The number of nitrogens with one attached hydrogen (secondary N) is 2. The maximum absolute atomic E-state index is 11.9. The second-order valence-corrected chi connectivity index (χ2v) is 6.46. The zero-order valence-electron chi connectivity index (χ0n) is 11.5. The van der Waals surface area contributed by atoms with Gasteiger partial charge in [-0.3, -0.25) is 4.79 Å². The molecule has 2 atom stereocenters. The smallest absolute Gasteiger partial charge is 0.237 e. The zero-order valence-corrected chi connectivity index (χ0v) is 12.3. The Hall–Kier alpha value is -0.220. The topological polar surface area (TPSA) is 41.1 Å². The molecule has 0 aliphatic heterocycles. The first-order chi connectivity index (χ1) is 8.03. The molecular formula is C13H26N2OS. The SMILES string of the molecule is CCCC(C)NC(=O)C(C)NCC1(SC)CC1. The highest BCUT2D eigenvalue weighted by atomic mass is 32.2. The molecule has 0 saturated heterocycles. The summed E-state index contributed by atoms with van der Waals surface area (Å²) in [7, 11) is 0. The van der Waals surface area contributed by atoms with Crippen LogP contribution in [0.3, 0.4) is 0 Å². The predicted molar refractivity (Wildman–Crippen MR) is 75.5 cm³/mol. The average molecular weight is 258 g/mol. The van der Waals surface area contributed by atoms with Gasteiger partial charge in [-0.1, -0.05) is 13.3 Å². The molecule has 0 aromatic rings. The quantitative estimate of drug-likeness (QED) is 0.701. The molecule has 1 aliphatic carbocycles. The number of rotatable bonds is 8. The van der Waals surface area contributed by atoms with E-state index >= 15 is 0 Å². The minimum atomic E-state index is -0.0843. The van der Waals surface area contributed by atoms with Crippen molar-refractivity contribution in [3.8, 4) is 0 Å². The van der Waals surface area contributed by atoms with E-state index in [4.69, 9.17) is 0 Å². The number of carbonyl (C=O) groups excluding carboxylic acids is 1. The minimum absolute atomic E-state index is 0.0843. The molecular weight excluding hydrogens is 232 g/mol. The van der Waals surface area contributed by atoms with Gasteiger partial charge in [-0.15, -0.1) is 0 Å². The molecule has 1 aliphatic rings. The highest BCUT2D eigenvalue weighted by molar-refractivity contribution is 8.00. The highest BCUT2D eigenvalue weighted by Crippen LogP contribution is 2.46. The number of amides is 1. The summed E-state index contributed by atoms with van der Waals surface area (Å²) in [5.41, 5.74) is 0. The van der Waals surface area contributed by atoms with Crippen molar-refractivity contribution in [1.82, 2.24) is 10.6 Å². The number of carbonyl (C=O) groups is 1. The normalized spacial score (nSPS) is 20.7. The lowest BCUT2D eigenvalue weighted by molar-refractivity contribution is -0.123. The van der Waals surface area contributed by atoms with E-state index in [-0.39, 0.29) is 18.0 Å². The molecule has 0 bridgehead atoms. The molecule has 2 unspecified atom stereocenters. The van der Waals surface area contributed by atoms with Crippen LogP contribution in [-0.4, -0.2) is 35.5 Å². The van der Waals surface area contributed by atoms with Crippen molar-refractivity contribution in [2.24, 2.45) is 0 Å². The zero-order chi connectivity index (χ0) is 12.9. The highest BCUT2D eigenvalue weighted by Gasteiger charge is 2.41. The molecule has 1 saturated carbocycles. The summed E-state index contributed by atoms with van der Waals surface area (Å²) in [6.45, 7) is 7.10. The van der Waals surface area contributed by atoms with Crippen molar-refractivity contribution in [2.45, 2.75) is 63.3 Å². The van der Waals surface area contributed by atoms with Crippen LogP contribution in [0.25, 0.3) is 0 Å². The minimum Gasteiger partial charge on any atom is -0.352 e. The molecule has 0 aromatic heterocycles. The lowest BCUT2D eigenvalue weighted by atomic mass is 10.2. The first-order valence-electron chi connectivity index (χ1n) is 6.62. The Morgan fingerprint density at radius 1 is 1.41 bits per heavy atom. The standard InChI is InChI=1S/C13H26N2OS/c1-5-6-10(2)15-12(16)11(3)14-9-13(17-4)7-8-13/h10-11,14H,5-9H2,1-4H3,(H,15,16). The summed E-state index contributed by atoms with van der Waals surface area (Å²) in [5.74, 6) is 0.128. The maximum atomic E-state index is 11.9. The fourth-order valence-corrected chi connectivity index (χ4v) is 2.64. The molecule has 1 fully saturated rings. The molecule has 0 spiro atoms. The Bertz CT molecular complexity index is 254. The molecule has 2 N–H and O–H groups in total. The summed E-state index contributed by atoms with van der Waals surface area (Å²) in [4.78, 5) is 11.9. The molecule has 4 heteroatoms. The van der Waals surface area contributed by atoms with Gasteiger partial charge in [-0.25, -0.2) is 0 Å². The van der Waals surface area contributed by atoms with Crippen LogP contribution in [0.15, 0.2) is 0 Å². The molecule has 1 amide bonds. The van der Waals surface area contributed by atoms with E-state index in [9.17, 15) is 4.79 Å². The van der Waals surface area contributed by atoms with E-state index < -0.39 is 0 Å².